The lowest BCUT2D eigenvalue weighted by Crippen LogP contribution is -2.48. The molecule has 0 spiro atoms. The largest absolute Gasteiger partial charge is 0.464 e. The van der Waals surface area contributed by atoms with E-state index < -0.39 is 24.4 Å². The van der Waals surface area contributed by atoms with Crippen LogP contribution in [-0.2, 0) is 19.3 Å². The van der Waals surface area contributed by atoms with Crippen LogP contribution >= 0.6 is 0 Å². The quantitative estimate of drug-likeness (QED) is 0.0152. The van der Waals surface area contributed by atoms with Crippen molar-refractivity contribution in [3.63, 3.8) is 0 Å². The van der Waals surface area contributed by atoms with Gasteiger partial charge in [0.05, 0.1) is 37.6 Å². The summed E-state index contributed by atoms with van der Waals surface area (Å²) in [4.78, 5) is 33.3. The van der Waals surface area contributed by atoms with Crippen LogP contribution in [0.2, 0.25) is 0 Å². The molecule has 1 aliphatic rings. The summed E-state index contributed by atoms with van der Waals surface area (Å²) in [5, 5.41) is 44.1. The smallest absolute Gasteiger partial charge is 0.305 e. The molecule has 0 aromatic rings. The van der Waals surface area contributed by atoms with Crippen molar-refractivity contribution < 1.29 is 39.7 Å². The van der Waals surface area contributed by atoms with Crippen molar-refractivity contribution in [2.75, 3.05) is 98.4 Å². The first-order valence-electron chi connectivity index (χ1n) is 36.0. The Kier molecular flexibility index (Phi) is 59.6. The number of allylic oxidation sites excluding steroid dienone is 4. The summed E-state index contributed by atoms with van der Waals surface area (Å²) in [7, 11) is 0. The Morgan fingerprint density at radius 2 is 0.663 bits per heavy atom. The van der Waals surface area contributed by atoms with Gasteiger partial charge >= 0.3 is 5.97 Å². The molecule has 0 radical (unpaired) electrons. The van der Waals surface area contributed by atoms with Gasteiger partial charge in [-0.05, 0) is 96.4 Å². The first kappa shape index (κ1) is 79.6. The zero-order valence-electron chi connectivity index (χ0n) is 55.3. The molecule has 0 bridgehead atoms. The van der Waals surface area contributed by atoms with Crippen LogP contribution in [-0.4, -0.2) is 169 Å². The highest BCUT2D eigenvalue weighted by Gasteiger charge is 2.20. The van der Waals surface area contributed by atoms with Crippen LogP contribution in [0.15, 0.2) is 24.3 Å². The number of carbonyl (C=O) groups excluding carboxylic acids is 1. The number of aliphatic hydroxyl groups excluding tert-OH is 4. The molecule has 492 valence electrons. The molecule has 1 aliphatic heterocycles. The van der Waals surface area contributed by atoms with E-state index in [-0.39, 0.29) is 5.97 Å². The van der Waals surface area contributed by atoms with Gasteiger partial charge in [0.1, 0.15) is 6.61 Å². The van der Waals surface area contributed by atoms with Crippen molar-refractivity contribution in [2.24, 2.45) is 0 Å². The number of ether oxygens (including phenoxy) is 1. The van der Waals surface area contributed by atoms with Crippen molar-refractivity contribution in [1.29, 1.82) is 0 Å². The number of hydrogen-bond acceptors (Lipinski definition) is 12. The summed E-state index contributed by atoms with van der Waals surface area (Å²) in [5.41, 5.74) is 0. The average Bonchev–Trinajstić information content (AvgIpc) is 3.48. The predicted molar refractivity (Wildman–Crippen MR) is 352 cm³/mol. The van der Waals surface area contributed by atoms with Crippen molar-refractivity contribution in [2.45, 2.75) is 328 Å². The number of aliphatic hydroxyl groups is 4. The SMILES string of the molecule is CCCCCCCC/C=C\CCCCCCC(O)CN(CCCOOCCN1CCN(CCOC(=O)CCCN(CC(O)CCCCCCCC)CC(O)CCCCCCCC)CC1)CC(O)CCCCCC/C=C\CCCCCCCC. The van der Waals surface area contributed by atoms with Crippen molar-refractivity contribution in [3.05, 3.63) is 24.3 Å². The molecule has 1 rings (SSSR count). The van der Waals surface area contributed by atoms with E-state index in [2.05, 4.69) is 71.6 Å². The van der Waals surface area contributed by atoms with Gasteiger partial charge in [0.2, 0.25) is 0 Å². The highest BCUT2D eigenvalue weighted by atomic mass is 17.2. The third-order valence-corrected chi connectivity index (χ3v) is 17.0. The molecule has 0 aromatic carbocycles. The zero-order valence-corrected chi connectivity index (χ0v) is 55.3. The van der Waals surface area contributed by atoms with Crippen LogP contribution < -0.4 is 0 Å². The fourth-order valence-corrected chi connectivity index (χ4v) is 11.6. The molecule has 1 fully saturated rings. The Bertz CT molecular complexity index is 1320. The Morgan fingerprint density at radius 3 is 1.01 bits per heavy atom. The standard InChI is InChI=1S/C71H140N4O8/c1-5-9-13-17-21-23-25-27-29-31-33-35-39-43-49-69(78)65-75(66-70(79)50-44-40-36-34-32-30-28-26-24-22-18-14-10-6-2)53-46-60-82-83-62-59-73-56-54-72(55-57-73)58-61-81-71(80)51-45-52-74(63-67(76)47-41-37-19-15-11-7-3)64-68(77)48-42-38-20-16-12-8-4/h27-30,67-70,76-79H,5-26,31-66H2,1-4H3/b29-27-,30-28-. The predicted octanol–water partition coefficient (Wildman–Crippen LogP) is 16.1. The van der Waals surface area contributed by atoms with Gasteiger partial charge < -0.3 is 25.2 Å². The third kappa shape index (κ3) is 55.6. The van der Waals surface area contributed by atoms with Gasteiger partial charge in [-0.25, -0.2) is 9.78 Å². The Hall–Kier alpha value is -1.45. The van der Waals surface area contributed by atoms with Crippen LogP contribution in [0.25, 0.3) is 0 Å². The summed E-state index contributed by atoms with van der Waals surface area (Å²) in [5.74, 6) is -0.175. The molecule has 1 heterocycles. The molecule has 4 unspecified atom stereocenters. The molecule has 4 atom stereocenters. The molecule has 0 aliphatic carbocycles. The van der Waals surface area contributed by atoms with Gasteiger partial charge in [0.15, 0.2) is 0 Å². The highest BCUT2D eigenvalue weighted by Crippen LogP contribution is 2.17. The second kappa shape index (κ2) is 62.2. The first-order valence-corrected chi connectivity index (χ1v) is 36.0. The Labute approximate surface area is 514 Å². The molecule has 1 saturated heterocycles. The molecule has 0 amide bonds. The summed E-state index contributed by atoms with van der Waals surface area (Å²) >= 11 is 0. The molecular weight excluding hydrogens is 1040 g/mol. The van der Waals surface area contributed by atoms with E-state index in [0.717, 1.165) is 142 Å². The second-order valence-electron chi connectivity index (χ2n) is 25.3. The molecular formula is C71H140N4O8. The molecule has 12 heteroatoms. The van der Waals surface area contributed by atoms with Gasteiger partial charge in [-0.2, -0.15) is 0 Å². The Balaban J connectivity index is 2.40. The average molecular weight is 1180 g/mol. The zero-order chi connectivity index (χ0) is 60.2. The normalized spacial score (nSPS) is 15.2. The number of esters is 1. The van der Waals surface area contributed by atoms with Gasteiger partial charge in [-0.1, -0.05) is 232 Å². The lowest BCUT2D eigenvalue weighted by Gasteiger charge is -2.34. The van der Waals surface area contributed by atoms with Gasteiger partial charge in [0.25, 0.3) is 0 Å². The molecule has 4 N–H and O–H groups in total. The second-order valence-corrected chi connectivity index (χ2v) is 25.3. The topological polar surface area (TPSA) is 139 Å². The summed E-state index contributed by atoms with van der Waals surface area (Å²) in [6.07, 6.45) is 57.4. The number of carbonyl (C=O) groups is 1. The highest BCUT2D eigenvalue weighted by molar-refractivity contribution is 5.69. The van der Waals surface area contributed by atoms with Gasteiger partial charge in [-0.15, -0.1) is 0 Å². The van der Waals surface area contributed by atoms with Crippen LogP contribution in [0.4, 0.5) is 0 Å². The van der Waals surface area contributed by atoms with E-state index in [9.17, 15) is 25.2 Å². The van der Waals surface area contributed by atoms with E-state index in [1.165, 1.54) is 167 Å². The first-order chi connectivity index (χ1) is 40.7. The number of hydrogen-bond donors (Lipinski definition) is 4. The molecule has 83 heavy (non-hydrogen) atoms. The van der Waals surface area contributed by atoms with Gasteiger partial charge in [0, 0.05) is 78.4 Å². The number of unbranched alkanes of at least 4 members (excludes halogenated alkanes) is 30. The maximum Gasteiger partial charge on any atom is 0.305 e. The minimum Gasteiger partial charge on any atom is -0.464 e. The number of piperazine rings is 1. The van der Waals surface area contributed by atoms with E-state index in [1.807, 2.05) is 0 Å². The van der Waals surface area contributed by atoms with Gasteiger partial charge in [-0.3, -0.25) is 24.4 Å². The van der Waals surface area contributed by atoms with Crippen molar-refractivity contribution >= 4 is 5.97 Å². The van der Waals surface area contributed by atoms with Crippen LogP contribution in [0.5, 0.6) is 0 Å². The molecule has 12 nitrogen and oxygen atoms in total. The minimum absolute atomic E-state index is 0.175. The fraction of sp³-hybridized carbons (Fsp3) is 0.930. The number of rotatable bonds is 65. The lowest BCUT2D eigenvalue weighted by molar-refractivity contribution is -0.296. The Morgan fingerprint density at radius 1 is 0.373 bits per heavy atom. The number of nitrogens with zero attached hydrogens (tertiary/aromatic N) is 4. The summed E-state index contributed by atoms with van der Waals surface area (Å²) in [6, 6.07) is 0. The lowest BCUT2D eigenvalue weighted by atomic mass is 10.1. The van der Waals surface area contributed by atoms with E-state index >= 15 is 0 Å². The van der Waals surface area contributed by atoms with E-state index in [1.54, 1.807) is 0 Å². The van der Waals surface area contributed by atoms with Crippen molar-refractivity contribution in [3.8, 4) is 0 Å². The summed E-state index contributed by atoms with van der Waals surface area (Å²) in [6.45, 7) is 19.2. The maximum atomic E-state index is 12.8. The minimum atomic E-state index is -0.416. The maximum absolute atomic E-state index is 12.8. The van der Waals surface area contributed by atoms with E-state index in [4.69, 9.17) is 14.5 Å². The molecule has 0 saturated carbocycles. The van der Waals surface area contributed by atoms with Crippen molar-refractivity contribution in [1.82, 2.24) is 19.6 Å². The summed E-state index contributed by atoms with van der Waals surface area (Å²) < 4.78 is 5.69. The van der Waals surface area contributed by atoms with Crippen LogP contribution in [0.1, 0.15) is 304 Å². The van der Waals surface area contributed by atoms with E-state index in [0.29, 0.717) is 65.4 Å². The van der Waals surface area contributed by atoms with Crippen LogP contribution in [0, 0.1) is 0 Å². The fourth-order valence-electron chi connectivity index (χ4n) is 11.6. The van der Waals surface area contributed by atoms with Crippen LogP contribution in [0.3, 0.4) is 0 Å². The third-order valence-electron chi connectivity index (χ3n) is 17.0. The monoisotopic (exact) mass is 1180 g/mol. The molecule has 0 aromatic heterocycles.